The Morgan fingerprint density at radius 1 is 1.14 bits per heavy atom. The second kappa shape index (κ2) is 8.08. The van der Waals surface area contributed by atoms with Crippen molar-refractivity contribution in [2.45, 2.75) is 18.9 Å². The molecule has 144 valence electrons. The molecular weight excluding hydrogens is 358 g/mol. The summed E-state index contributed by atoms with van der Waals surface area (Å²) in [6.07, 6.45) is 8.19. The van der Waals surface area contributed by atoms with E-state index in [0.717, 1.165) is 18.5 Å². The van der Waals surface area contributed by atoms with Crippen molar-refractivity contribution in [3.8, 4) is 17.4 Å². The number of hydrogen-bond acceptors (Lipinski definition) is 6. The van der Waals surface area contributed by atoms with E-state index in [1.807, 2.05) is 41.4 Å². The summed E-state index contributed by atoms with van der Waals surface area (Å²) in [5, 5.41) is 4.22. The highest BCUT2D eigenvalue weighted by molar-refractivity contribution is 5.94. The number of likely N-dealkylation sites (tertiary alicyclic amines) is 1. The second-order valence-corrected chi connectivity index (χ2v) is 6.52. The molecule has 2 aromatic heterocycles. The van der Waals surface area contributed by atoms with Gasteiger partial charge in [-0.05, 0) is 24.3 Å². The van der Waals surface area contributed by atoms with Gasteiger partial charge in [-0.2, -0.15) is 15.1 Å². The van der Waals surface area contributed by atoms with Crippen LogP contribution in [0.3, 0.4) is 0 Å². The molecule has 0 unspecified atom stereocenters. The lowest BCUT2D eigenvalue weighted by Gasteiger charge is -2.31. The Hall–Kier alpha value is -3.42. The Labute approximate surface area is 162 Å². The lowest BCUT2D eigenvalue weighted by atomic mass is 10.1. The van der Waals surface area contributed by atoms with Crippen LogP contribution in [0.15, 0.2) is 55.1 Å². The van der Waals surface area contributed by atoms with Crippen LogP contribution in [0, 0.1) is 0 Å². The van der Waals surface area contributed by atoms with Crippen molar-refractivity contribution in [3.05, 3.63) is 60.7 Å². The number of methoxy groups -OCH3 is 1. The van der Waals surface area contributed by atoms with Crippen LogP contribution in [-0.4, -0.2) is 56.9 Å². The number of nitrogens with zero attached hydrogens (tertiary/aromatic N) is 5. The Morgan fingerprint density at radius 3 is 2.61 bits per heavy atom. The number of rotatable bonds is 5. The highest BCUT2D eigenvalue weighted by atomic mass is 16.5. The molecule has 4 rings (SSSR count). The maximum atomic E-state index is 12.9. The van der Waals surface area contributed by atoms with Crippen LogP contribution in [0.2, 0.25) is 0 Å². The van der Waals surface area contributed by atoms with E-state index in [0.29, 0.717) is 30.4 Å². The molecule has 0 N–H and O–H groups in total. The number of hydrogen-bond donors (Lipinski definition) is 0. The fraction of sp³-hybridized carbons (Fsp3) is 0.300. The van der Waals surface area contributed by atoms with Gasteiger partial charge in [-0.1, -0.05) is 6.07 Å². The van der Waals surface area contributed by atoms with E-state index in [1.54, 1.807) is 30.4 Å². The minimum atomic E-state index is -0.00662. The van der Waals surface area contributed by atoms with Gasteiger partial charge in [0.25, 0.3) is 5.91 Å². The molecule has 1 aromatic carbocycles. The first kappa shape index (κ1) is 18.0. The molecule has 0 atom stereocenters. The van der Waals surface area contributed by atoms with Gasteiger partial charge in [-0.3, -0.25) is 4.79 Å². The van der Waals surface area contributed by atoms with Gasteiger partial charge in [-0.25, -0.2) is 4.68 Å². The van der Waals surface area contributed by atoms with Gasteiger partial charge < -0.3 is 14.4 Å². The monoisotopic (exact) mass is 379 g/mol. The predicted molar refractivity (Wildman–Crippen MR) is 102 cm³/mol. The molecule has 0 aliphatic carbocycles. The van der Waals surface area contributed by atoms with Crippen molar-refractivity contribution in [1.82, 2.24) is 24.6 Å². The molecule has 0 radical (unpaired) electrons. The normalized spacial score (nSPS) is 14.7. The Balaban J connectivity index is 1.35. The van der Waals surface area contributed by atoms with Crippen molar-refractivity contribution >= 4 is 5.91 Å². The average molecular weight is 379 g/mol. The molecular formula is C20H21N5O3. The molecule has 1 fully saturated rings. The molecule has 0 spiro atoms. The molecule has 0 bridgehead atoms. The lowest BCUT2D eigenvalue weighted by molar-refractivity contribution is 0.0578. The number of aromatic nitrogens is 4. The van der Waals surface area contributed by atoms with Gasteiger partial charge >= 0.3 is 6.01 Å². The predicted octanol–water partition coefficient (Wildman–Crippen LogP) is 2.35. The largest absolute Gasteiger partial charge is 0.494 e. The highest BCUT2D eigenvalue weighted by Gasteiger charge is 2.25. The zero-order chi connectivity index (χ0) is 19.3. The summed E-state index contributed by atoms with van der Waals surface area (Å²) in [5.74, 6) is 0.610. The van der Waals surface area contributed by atoms with Gasteiger partial charge in [-0.15, -0.1) is 0 Å². The second-order valence-electron chi connectivity index (χ2n) is 6.52. The third kappa shape index (κ3) is 3.95. The molecule has 3 aromatic rings. The van der Waals surface area contributed by atoms with Crippen molar-refractivity contribution in [3.63, 3.8) is 0 Å². The summed E-state index contributed by atoms with van der Waals surface area (Å²) in [7, 11) is 1.57. The zero-order valence-corrected chi connectivity index (χ0v) is 15.6. The number of carbonyl (C=O) groups excluding carboxylic acids is 1. The smallest absolute Gasteiger partial charge is 0.316 e. The minimum Gasteiger partial charge on any atom is -0.494 e. The van der Waals surface area contributed by atoms with Crippen molar-refractivity contribution in [2.24, 2.45) is 0 Å². The fourth-order valence-corrected chi connectivity index (χ4v) is 3.18. The van der Waals surface area contributed by atoms with E-state index >= 15 is 0 Å². The van der Waals surface area contributed by atoms with Crippen molar-refractivity contribution in [1.29, 1.82) is 0 Å². The van der Waals surface area contributed by atoms with E-state index in [9.17, 15) is 4.79 Å². The first-order valence-electron chi connectivity index (χ1n) is 9.15. The lowest BCUT2D eigenvalue weighted by Crippen LogP contribution is -2.42. The number of benzene rings is 1. The summed E-state index contributed by atoms with van der Waals surface area (Å²) in [5.41, 5.74) is 1.52. The summed E-state index contributed by atoms with van der Waals surface area (Å²) < 4.78 is 12.6. The Bertz CT molecular complexity index is 919. The molecule has 28 heavy (non-hydrogen) atoms. The molecule has 1 saturated heterocycles. The van der Waals surface area contributed by atoms with Crippen LogP contribution in [0.25, 0.3) is 5.69 Å². The SMILES string of the molecule is COc1cnc(OC2CCN(C(=O)c3cccc(-n4cccn4)c3)CC2)nc1. The molecule has 1 aliphatic rings. The molecule has 1 amide bonds. The van der Waals surface area contributed by atoms with E-state index in [1.165, 1.54) is 0 Å². The van der Waals surface area contributed by atoms with Gasteiger partial charge in [0.1, 0.15) is 6.10 Å². The summed E-state index contributed by atoms with van der Waals surface area (Å²) in [6.45, 7) is 1.26. The molecule has 8 heteroatoms. The van der Waals surface area contributed by atoms with Gasteiger partial charge in [0.15, 0.2) is 5.75 Å². The van der Waals surface area contributed by atoms with Crippen LogP contribution in [0.1, 0.15) is 23.2 Å². The van der Waals surface area contributed by atoms with E-state index in [-0.39, 0.29) is 12.0 Å². The summed E-state index contributed by atoms with van der Waals surface area (Å²) >= 11 is 0. The highest BCUT2D eigenvalue weighted by Crippen LogP contribution is 2.19. The quantitative estimate of drug-likeness (QED) is 0.677. The number of ether oxygens (including phenoxy) is 2. The standard InChI is InChI=1S/C20H21N5O3/c1-27-18-13-21-20(22-14-18)28-17-6-10-24(11-7-17)19(26)15-4-2-5-16(12-15)25-9-3-8-23-25/h2-5,8-9,12-14,17H,6-7,10-11H2,1H3. The van der Waals surface area contributed by atoms with Crippen molar-refractivity contribution < 1.29 is 14.3 Å². The molecule has 0 saturated carbocycles. The number of piperidine rings is 1. The zero-order valence-electron chi connectivity index (χ0n) is 15.6. The van der Waals surface area contributed by atoms with Crippen molar-refractivity contribution in [2.75, 3.05) is 20.2 Å². The first-order valence-corrected chi connectivity index (χ1v) is 9.15. The van der Waals surface area contributed by atoms with E-state index in [2.05, 4.69) is 15.1 Å². The molecule has 3 heterocycles. The minimum absolute atomic E-state index is 0.00662. The van der Waals surface area contributed by atoms with Gasteiger partial charge in [0, 0.05) is 43.9 Å². The van der Waals surface area contributed by atoms with E-state index in [4.69, 9.17) is 9.47 Å². The van der Waals surface area contributed by atoms with Crippen LogP contribution < -0.4 is 9.47 Å². The Kier molecular flexibility index (Phi) is 5.18. The number of carbonyl (C=O) groups is 1. The Morgan fingerprint density at radius 2 is 1.93 bits per heavy atom. The van der Waals surface area contributed by atoms with E-state index < -0.39 is 0 Å². The van der Waals surface area contributed by atoms with Crippen LogP contribution in [0.5, 0.6) is 11.8 Å². The molecule has 8 nitrogen and oxygen atoms in total. The third-order valence-corrected chi connectivity index (χ3v) is 4.70. The molecule has 1 aliphatic heterocycles. The average Bonchev–Trinajstić information content (AvgIpc) is 3.29. The summed E-state index contributed by atoms with van der Waals surface area (Å²) in [6, 6.07) is 9.69. The van der Waals surface area contributed by atoms with Crippen LogP contribution in [-0.2, 0) is 0 Å². The number of amides is 1. The fourth-order valence-electron chi connectivity index (χ4n) is 3.18. The maximum absolute atomic E-state index is 12.9. The van der Waals surface area contributed by atoms with Crippen LogP contribution in [0.4, 0.5) is 0 Å². The van der Waals surface area contributed by atoms with Gasteiger partial charge in [0.05, 0.1) is 25.2 Å². The maximum Gasteiger partial charge on any atom is 0.316 e. The van der Waals surface area contributed by atoms with Crippen LogP contribution >= 0.6 is 0 Å². The summed E-state index contributed by atoms with van der Waals surface area (Å²) in [4.78, 5) is 23.0. The first-order chi connectivity index (χ1) is 13.7. The van der Waals surface area contributed by atoms with Gasteiger partial charge in [0.2, 0.25) is 0 Å². The topological polar surface area (TPSA) is 82.4 Å². The third-order valence-electron chi connectivity index (χ3n) is 4.70.